The van der Waals surface area contributed by atoms with Crippen molar-refractivity contribution in [1.82, 2.24) is 0 Å². The number of aliphatic hydroxyl groups is 2. The molecule has 0 aliphatic carbocycles. The van der Waals surface area contributed by atoms with Crippen LogP contribution in [0.2, 0.25) is 0 Å². The van der Waals surface area contributed by atoms with Gasteiger partial charge in [0.1, 0.15) is 0 Å². The molecule has 0 saturated carbocycles. The van der Waals surface area contributed by atoms with Crippen LogP contribution in [-0.4, -0.2) is 48.5 Å². The zero-order chi connectivity index (χ0) is 9.28. The summed E-state index contributed by atoms with van der Waals surface area (Å²) in [5.74, 6) is -2.16. The lowest BCUT2D eigenvalue weighted by molar-refractivity contribution is -0.154. The summed E-state index contributed by atoms with van der Waals surface area (Å²) in [4.78, 5) is 26.5. The van der Waals surface area contributed by atoms with Crippen LogP contribution in [0.15, 0.2) is 0 Å². The summed E-state index contributed by atoms with van der Waals surface area (Å²) in [5, 5.41) is 21.5. The molecule has 0 aromatic rings. The first-order valence-corrected chi connectivity index (χ1v) is 3.99. The molecule has 0 aliphatic rings. The van der Waals surface area contributed by atoms with E-state index in [-0.39, 0.29) is 5.48 Å². The van der Waals surface area contributed by atoms with Crippen LogP contribution < -0.4 is 0 Å². The fraction of sp³-hybridized carbons (Fsp3) is 0.667. The average Bonchev–Trinajstić information content (AvgIpc) is 1.83. The van der Waals surface area contributed by atoms with E-state index in [4.69, 9.17) is 25.1 Å². The molecular formula is C3H9O8P. The molecule has 7 N–H and O–H groups in total. The van der Waals surface area contributed by atoms with E-state index in [9.17, 15) is 9.36 Å². The number of hydrogen-bond acceptors (Lipinski definition) is 4. The number of carboxylic acid groups (broad SMARTS) is 1. The summed E-state index contributed by atoms with van der Waals surface area (Å²) in [6.07, 6.45) is 0. The highest BCUT2D eigenvalue weighted by atomic mass is 31.2. The smallest absolute Gasteiger partial charge is 0.370 e. The molecule has 0 aromatic heterocycles. The normalized spacial score (nSPS) is 16.0. The van der Waals surface area contributed by atoms with Gasteiger partial charge in [-0.25, -0.2) is 4.79 Å². The zero-order valence-electron chi connectivity index (χ0n) is 5.71. The highest BCUT2D eigenvalue weighted by Crippen LogP contribution is 2.48. The summed E-state index contributed by atoms with van der Waals surface area (Å²) in [6, 6.07) is 0. The maximum Gasteiger partial charge on any atom is 0.370 e. The molecule has 0 spiro atoms. The first kappa shape index (κ1) is 14.0. The highest BCUT2D eigenvalue weighted by molar-refractivity contribution is 7.54. The average molecular weight is 204 g/mol. The van der Waals surface area contributed by atoms with Crippen LogP contribution in [0.3, 0.4) is 0 Å². The van der Waals surface area contributed by atoms with Crippen LogP contribution in [0.5, 0.6) is 0 Å². The molecule has 0 heterocycles. The van der Waals surface area contributed by atoms with Gasteiger partial charge in [-0.1, -0.05) is 0 Å². The van der Waals surface area contributed by atoms with Gasteiger partial charge in [0.25, 0.3) is 5.34 Å². The molecule has 0 amide bonds. The molecule has 0 aliphatic heterocycles. The summed E-state index contributed by atoms with van der Waals surface area (Å²) in [6.45, 7) is -1.54. The Kier molecular flexibility index (Phi) is 4.62. The van der Waals surface area contributed by atoms with E-state index in [1.54, 1.807) is 0 Å². The van der Waals surface area contributed by atoms with E-state index in [0.717, 1.165) is 0 Å². The maximum atomic E-state index is 10.2. The van der Waals surface area contributed by atoms with Crippen molar-refractivity contribution in [2.45, 2.75) is 5.34 Å². The predicted molar refractivity (Wildman–Crippen MR) is 35.3 cm³/mol. The number of carboxylic acids is 1. The van der Waals surface area contributed by atoms with Gasteiger partial charge < -0.3 is 30.6 Å². The van der Waals surface area contributed by atoms with E-state index >= 15 is 0 Å². The number of hydrogen-bond donors (Lipinski definition) is 5. The minimum Gasteiger partial charge on any atom is -0.479 e. The van der Waals surface area contributed by atoms with Crippen LogP contribution in [-0.2, 0) is 9.36 Å². The van der Waals surface area contributed by atoms with Crippen molar-refractivity contribution in [3.8, 4) is 0 Å². The molecule has 0 aromatic carbocycles. The summed E-state index contributed by atoms with van der Waals surface area (Å²) in [7, 11) is -5.24. The highest BCUT2D eigenvalue weighted by Gasteiger charge is 2.52. The van der Waals surface area contributed by atoms with Gasteiger partial charge >= 0.3 is 13.6 Å². The van der Waals surface area contributed by atoms with Crippen molar-refractivity contribution >= 4 is 13.6 Å². The van der Waals surface area contributed by atoms with Crippen molar-refractivity contribution in [1.29, 1.82) is 0 Å². The Balaban J connectivity index is 0. The third-order valence-corrected chi connectivity index (χ3v) is 2.34. The maximum absolute atomic E-state index is 10.2. The van der Waals surface area contributed by atoms with Gasteiger partial charge in [0.2, 0.25) is 0 Å². The van der Waals surface area contributed by atoms with E-state index in [2.05, 4.69) is 0 Å². The Labute approximate surface area is 66.5 Å². The first-order chi connectivity index (χ1) is 4.75. The second-order valence-electron chi connectivity index (χ2n) is 1.82. The second kappa shape index (κ2) is 3.94. The second-order valence-corrected chi connectivity index (χ2v) is 3.65. The Hall–Kier alpha value is -0.500. The van der Waals surface area contributed by atoms with Gasteiger partial charge in [-0.05, 0) is 0 Å². The van der Waals surface area contributed by atoms with Gasteiger partial charge in [0, 0.05) is 0 Å². The van der Waals surface area contributed by atoms with Gasteiger partial charge in [0.05, 0.1) is 6.61 Å². The number of aliphatic carboxylic acids is 1. The lowest BCUT2D eigenvalue weighted by Crippen LogP contribution is -2.41. The summed E-state index contributed by atoms with van der Waals surface area (Å²) in [5.41, 5.74) is 0. The zero-order valence-corrected chi connectivity index (χ0v) is 6.60. The molecule has 1 atom stereocenters. The standard InChI is InChI=1S/C3H7O7P.H2O/c4-1-3(7,2(5)6)11(8,9)10;/h4,7H,1H2,(H,5,6)(H2,8,9,10);1H2. The number of rotatable bonds is 3. The van der Waals surface area contributed by atoms with E-state index < -0.39 is 25.5 Å². The Bertz CT molecular complexity index is 206. The van der Waals surface area contributed by atoms with Gasteiger partial charge in [-0.15, -0.1) is 0 Å². The third-order valence-electron chi connectivity index (χ3n) is 1.04. The minimum atomic E-state index is -5.24. The van der Waals surface area contributed by atoms with Crippen LogP contribution in [0.1, 0.15) is 0 Å². The van der Waals surface area contributed by atoms with Crippen molar-refractivity contribution in [3.63, 3.8) is 0 Å². The first-order valence-electron chi connectivity index (χ1n) is 2.38. The molecule has 0 rings (SSSR count). The quantitative estimate of drug-likeness (QED) is 0.307. The van der Waals surface area contributed by atoms with Crippen molar-refractivity contribution in [2.75, 3.05) is 6.61 Å². The number of aliphatic hydroxyl groups excluding tert-OH is 1. The predicted octanol–water partition coefficient (Wildman–Crippen LogP) is -2.90. The fourth-order valence-corrected chi connectivity index (χ4v) is 0.718. The van der Waals surface area contributed by atoms with Gasteiger partial charge in [-0.2, -0.15) is 0 Å². The molecule has 1 unspecified atom stereocenters. The van der Waals surface area contributed by atoms with Crippen LogP contribution in [0.4, 0.5) is 0 Å². The van der Waals surface area contributed by atoms with E-state index in [1.807, 2.05) is 0 Å². The van der Waals surface area contributed by atoms with Crippen molar-refractivity contribution in [3.05, 3.63) is 0 Å². The Morgan fingerprint density at radius 2 is 1.75 bits per heavy atom. The SMILES string of the molecule is O.O=C(O)C(O)(CO)P(=O)(O)O. The fourth-order valence-electron chi connectivity index (χ4n) is 0.284. The lowest BCUT2D eigenvalue weighted by Gasteiger charge is -2.20. The van der Waals surface area contributed by atoms with Crippen molar-refractivity contribution < 1.29 is 39.9 Å². The van der Waals surface area contributed by atoms with Crippen molar-refractivity contribution in [2.24, 2.45) is 0 Å². The molecule has 8 nitrogen and oxygen atoms in total. The monoisotopic (exact) mass is 204 g/mol. The molecule has 0 saturated heterocycles. The van der Waals surface area contributed by atoms with E-state index in [0.29, 0.717) is 0 Å². The van der Waals surface area contributed by atoms with E-state index in [1.165, 1.54) is 0 Å². The third kappa shape index (κ3) is 2.24. The lowest BCUT2D eigenvalue weighted by atomic mass is 10.4. The largest absolute Gasteiger partial charge is 0.479 e. The Morgan fingerprint density at radius 3 is 1.75 bits per heavy atom. The van der Waals surface area contributed by atoms with Gasteiger partial charge in [-0.3, -0.25) is 4.57 Å². The molecule has 0 radical (unpaired) electrons. The minimum absolute atomic E-state index is 0. The Morgan fingerprint density at radius 1 is 1.42 bits per heavy atom. The number of carbonyl (C=O) groups is 1. The summed E-state index contributed by atoms with van der Waals surface area (Å²) < 4.78 is 10.2. The molecule has 0 bridgehead atoms. The van der Waals surface area contributed by atoms with Crippen LogP contribution >= 0.6 is 7.60 Å². The molecule has 12 heavy (non-hydrogen) atoms. The topological polar surface area (TPSA) is 167 Å². The molecule has 9 heteroatoms. The van der Waals surface area contributed by atoms with Crippen LogP contribution in [0.25, 0.3) is 0 Å². The molecule has 74 valence electrons. The molecular weight excluding hydrogens is 195 g/mol. The van der Waals surface area contributed by atoms with Gasteiger partial charge in [0.15, 0.2) is 0 Å². The summed E-state index contributed by atoms with van der Waals surface area (Å²) >= 11 is 0. The molecule has 0 fully saturated rings. The van der Waals surface area contributed by atoms with Crippen LogP contribution in [0, 0.1) is 0 Å².